The largest absolute Gasteiger partial charge is 0.336 e. The predicted molar refractivity (Wildman–Crippen MR) is 59.0 cm³/mol. The Labute approximate surface area is 92.1 Å². The Bertz CT molecular complexity index is 280. The van der Waals surface area contributed by atoms with Gasteiger partial charge in [-0.1, -0.05) is 0 Å². The molecule has 1 rings (SSSR count). The van der Waals surface area contributed by atoms with E-state index in [1.807, 2.05) is 4.90 Å². The number of carbonyl (C=O) groups is 1. The SMILES string of the molecule is C[C@@H]1CCC[C@H](C)N1C(=O)C(C)(C)C#N. The van der Waals surface area contributed by atoms with Gasteiger partial charge in [-0.25, -0.2) is 0 Å². The molecule has 0 spiro atoms. The van der Waals surface area contributed by atoms with Crippen LogP contribution < -0.4 is 0 Å². The molecule has 0 aromatic heterocycles. The van der Waals surface area contributed by atoms with E-state index in [0.29, 0.717) is 0 Å². The monoisotopic (exact) mass is 208 g/mol. The molecule has 0 radical (unpaired) electrons. The van der Waals surface area contributed by atoms with Crippen molar-refractivity contribution in [1.82, 2.24) is 4.90 Å². The minimum atomic E-state index is -0.889. The summed E-state index contributed by atoms with van der Waals surface area (Å²) in [5.74, 6) is -0.0234. The fourth-order valence-electron chi connectivity index (χ4n) is 2.19. The standard InChI is InChI=1S/C12H20N2O/c1-9-6-5-7-10(2)14(9)11(15)12(3,4)8-13/h9-10H,5-7H2,1-4H3/t9-,10+. The predicted octanol–water partition coefficient (Wildman–Crippen LogP) is 2.33. The fourth-order valence-corrected chi connectivity index (χ4v) is 2.19. The second-order valence-corrected chi connectivity index (χ2v) is 5.08. The van der Waals surface area contributed by atoms with Crippen molar-refractivity contribution in [3.63, 3.8) is 0 Å². The van der Waals surface area contributed by atoms with Crippen LogP contribution in [0.1, 0.15) is 47.0 Å². The first-order valence-corrected chi connectivity index (χ1v) is 5.64. The molecule has 1 heterocycles. The lowest BCUT2D eigenvalue weighted by atomic mass is 9.89. The molecule has 1 amide bonds. The molecule has 0 aromatic rings. The summed E-state index contributed by atoms with van der Waals surface area (Å²) in [5.41, 5.74) is -0.889. The average molecular weight is 208 g/mol. The molecule has 3 heteroatoms. The van der Waals surface area contributed by atoms with Gasteiger partial charge in [-0.15, -0.1) is 0 Å². The molecule has 0 aromatic carbocycles. The molecule has 84 valence electrons. The first-order chi connectivity index (χ1) is 6.90. The van der Waals surface area contributed by atoms with Gasteiger partial charge in [0.2, 0.25) is 5.91 Å². The molecule has 0 unspecified atom stereocenters. The molecule has 0 saturated carbocycles. The fraction of sp³-hybridized carbons (Fsp3) is 0.833. The summed E-state index contributed by atoms with van der Waals surface area (Å²) in [4.78, 5) is 14.1. The van der Waals surface area contributed by atoms with Crippen molar-refractivity contribution in [2.24, 2.45) is 5.41 Å². The van der Waals surface area contributed by atoms with E-state index in [0.717, 1.165) is 12.8 Å². The van der Waals surface area contributed by atoms with Crippen LogP contribution in [0.5, 0.6) is 0 Å². The lowest BCUT2D eigenvalue weighted by Gasteiger charge is -2.41. The van der Waals surface area contributed by atoms with Crippen molar-refractivity contribution >= 4 is 5.91 Å². The van der Waals surface area contributed by atoms with Crippen LogP contribution in [0.15, 0.2) is 0 Å². The number of amides is 1. The van der Waals surface area contributed by atoms with Crippen LogP contribution in [0.4, 0.5) is 0 Å². The number of nitriles is 1. The van der Waals surface area contributed by atoms with Gasteiger partial charge in [0, 0.05) is 12.1 Å². The minimum Gasteiger partial charge on any atom is -0.336 e. The maximum Gasteiger partial charge on any atom is 0.242 e. The van der Waals surface area contributed by atoms with Crippen LogP contribution in [0, 0.1) is 16.7 Å². The molecule has 1 aliphatic heterocycles. The van der Waals surface area contributed by atoms with Crippen LogP contribution in [-0.2, 0) is 4.79 Å². The number of rotatable bonds is 1. The summed E-state index contributed by atoms with van der Waals surface area (Å²) in [6.45, 7) is 7.54. The smallest absolute Gasteiger partial charge is 0.242 e. The summed E-state index contributed by atoms with van der Waals surface area (Å²) < 4.78 is 0. The highest BCUT2D eigenvalue weighted by Crippen LogP contribution is 2.28. The molecule has 0 bridgehead atoms. The van der Waals surface area contributed by atoms with Crippen molar-refractivity contribution in [3.8, 4) is 6.07 Å². The van der Waals surface area contributed by atoms with E-state index in [1.165, 1.54) is 6.42 Å². The third-order valence-corrected chi connectivity index (χ3v) is 3.24. The van der Waals surface area contributed by atoms with Gasteiger partial charge >= 0.3 is 0 Å². The molecule has 1 aliphatic rings. The second-order valence-electron chi connectivity index (χ2n) is 5.08. The van der Waals surface area contributed by atoms with Gasteiger partial charge in [0.05, 0.1) is 6.07 Å². The van der Waals surface area contributed by atoms with Crippen molar-refractivity contribution in [2.45, 2.75) is 59.0 Å². The van der Waals surface area contributed by atoms with E-state index in [4.69, 9.17) is 5.26 Å². The van der Waals surface area contributed by atoms with Crippen molar-refractivity contribution in [1.29, 1.82) is 5.26 Å². The molecule has 0 aliphatic carbocycles. The molecule has 0 N–H and O–H groups in total. The van der Waals surface area contributed by atoms with Crippen LogP contribution in [0.2, 0.25) is 0 Å². The second kappa shape index (κ2) is 4.22. The van der Waals surface area contributed by atoms with Gasteiger partial charge in [0.25, 0.3) is 0 Å². The Morgan fingerprint density at radius 2 is 1.80 bits per heavy atom. The minimum absolute atomic E-state index is 0.0234. The lowest BCUT2D eigenvalue weighted by Crippen LogP contribution is -2.51. The maximum atomic E-state index is 12.2. The molecule has 1 fully saturated rings. The Kier molecular flexibility index (Phi) is 3.38. The van der Waals surface area contributed by atoms with Crippen molar-refractivity contribution in [3.05, 3.63) is 0 Å². The van der Waals surface area contributed by atoms with Gasteiger partial charge < -0.3 is 4.90 Å². The molecule has 3 nitrogen and oxygen atoms in total. The molecule has 15 heavy (non-hydrogen) atoms. The summed E-state index contributed by atoms with van der Waals surface area (Å²) in [7, 11) is 0. The average Bonchev–Trinajstić information content (AvgIpc) is 2.17. The van der Waals surface area contributed by atoms with Gasteiger partial charge in [0.15, 0.2) is 0 Å². The third kappa shape index (κ3) is 2.31. The summed E-state index contributed by atoms with van der Waals surface area (Å²) in [6.07, 6.45) is 3.29. The molecular weight excluding hydrogens is 188 g/mol. The van der Waals surface area contributed by atoms with Crippen LogP contribution >= 0.6 is 0 Å². The summed E-state index contributed by atoms with van der Waals surface area (Å²) in [6, 6.07) is 2.63. The zero-order chi connectivity index (χ0) is 11.6. The van der Waals surface area contributed by atoms with Crippen LogP contribution in [-0.4, -0.2) is 22.9 Å². The summed E-state index contributed by atoms with van der Waals surface area (Å²) >= 11 is 0. The van der Waals surface area contributed by atoms with Gasteiger partial charge in [0.1, 0.15) is 5.41 Å². The highest BCUT2D eigenvalue weighted by molar-refractivity contribution is 5.85. The van der Waals surface area contributed by atoms with E-state index in [-0.39, 0.29) is 18.0 Å². The number of piperidine rings is 1. The Hall–Kier alpha value is -1.04. The molecular formula is C12H20N2O. The van der Waals surface area contributed by atoms with Crippen molar-refractivity contribution < 1.29 is 4.79 Å². The zero-order valence-electron chi connectivity index (χ0n) is 10.1. The van der Waals surface area contributed by atoms with E-state index in [9.17, 15) is 4.79 Å². The zero-order valence-corrected chi connectivity index (χ0v) is 10.1. The van der Waals surface area contributed by atoms with Crippen LogP contribution in [0.3, 0.4) is 0 Å². The first kappa shape index (κ1) is 12.0. The highest BCUT2D eigenvalue weighted by Gasteiger charge is 2.37. The highest BCUT2D eigenvalue weighted by atomic mass is 16.2. The number of carbonyl (C=O) groups excluding carboxylic acids is 1. The van der Waals surface area contributed by atoms with Crippen LogP contribution in [0.25, 0.3) is 0 Å². The first-order valence-electron chi connectivity index (χ1n) is 5.64. The topological polar surface area (TPSA) is 44.1 Å². The Morgan fingerprint density at radius 3 is 2.20 bits per heavy atom. The quantitative estimate of drug-likeness (QED) is 0.663. The lowest BCUT2D eigenvalue weighted by molar-refractivity contribution is -0.143. The Balaban J connectivity index is 2.86. The van der Waals surface area contributed by atoms with Gasteiger partial charge in [-0.3, -0.25) is 4.79 Å². The summed E-state index contributed by atoms with van der Waals surface area (Å²) in [5, 5.41) is 8.97. The molecule has 1 saturated heterocycles. The third-order valence-electron chi connectivity index (χ3n) is 3.24. The maximum absolute atomic E-state index is 12.2. The Morgan fingerprint density at radius 1 is 1.33 bits per heavy atom. The number of likely N-dealkylation sites (tertiary alicyclic amines) is 1. The molecule has 2 atom stereocenters. The van der Waals surface area contributed by atoms with Crippen molar-refractivity contribution in [2.75, 3.05) is 0 Å². The number of nitrogens with zero attached hydrogens (tertiary/aromatic N) is 2. The van der Waals surface area contributed by atoms with Gasteiger partial charge in [-0.2, -0.15) is 5.26 Å². The normalized spacial score (nSPS) is 27.3. The van der Waals surface area contributed by atoms with Gasteiger partial charge in [-0.05, 0) is 47.0 Å². The van der Waals surface area contributed by atoms with E-state index in [2.05, 4.69) is 19.9 Å². The number of hydrogen-bond donors (Lipinski definition) is 0. The van der Waals surface area contributed by atoms with E-state index < -0.39 is 5.41 Å². The van der Waals surface area contributed by atoms with E-state index >= 15 is 0 Å². The van der Waals surface area contributed by atoms with E-state index in [1.54, 1.807) is 13.8 Å². The number of hydrogen-bond acceptors (Lipinski definition) is 2.